The van der Waals surface area contributed by atoms with Gasteiger partial charge in [-0.05, 0) is 25.1 Å². The number of halogens is 5. The Balaban J connectivity index is 2.09. The molecule has 7 nitrogen and oxygen atoms in total. The number of alkyl halides is 3. The Hall–Kier alpha value is -3.28. The van der Waals surface area contributed by atoms with Gasteiger partial charge in [0.25, 0.3) is 11.8 Å². The highest BCUT2D eigenvalue weighted by Gasteiger charge is 2.65. The van der Waals surface area contributed by atoms with Crippen LogP contribution in [0.3, 0.4) is 0 Å². The molecule has 0 unspecified atom stereocenters. The number of aromatic nitrogens is 1. The van der Waals surface area contributed by atoms with Gasteiger partial charge in [0.1, 0.15) is 11.8 Å². The van der Waals surface area contributed by atoms with Gasteiger partial charge < -0.3 is 20.5 Å². The van der Waals surface area contributed by atoms with Crippen LogP contribution in [0.5, 0.6) is 5.75 Å². The van der Waals surface area contributed by atoms with Crippen molar-refractivity contribution in [3.63, 3.8) is 0 Å². The lowest BCUT2D eigenvalue weighted by atomic mass is 9.77. The molecule has 2 amide bonds. The summed E-state index contributed by atoms with van der Waals surface area (Å²) >= 11 is 0. The number of anilines is 1. The van der Waals surface area contributed by atoms with Crippen molar-refractivity contribution in [2.24, 2.45) is 11.7 Å². The minimum atomic E-state index is -4.92. The van der Waals surface area contributed by atoms with Gasteiger partial charge in [0.05, 0.1) is 8.48 Å². The molecule has 4 atom stereocenters. The van der Waals surface area contributed by atoms with E-state index in [-0.39, 0.29) is 16.9 Å². The van der Waals surface area contributed by atoms with Crippen LogP contribution in [-0.2, 0) is 9.53 Å². The van der Waals surface area contributed by atoms with Crippen molar-refractivity contribution in [1.29, 1.82) is 0 Å². The minimum Gasteiger partial charge on any atom is -0.493 e. The zero-order chi connectivity index (χ0) is 25.6. The molecule has 1 aliphatic rings. The first kappa shape index (κ1) is 22.9. The Kier molecular flexibility index (Phi) is 5.95. The summed E-state index contributed by atoms with van der Waals surface area (Å²) in [5.74, 6) is -8.30. The van der Waals surface area contributed by atoms with E-state index in [0.29, 0.717) is 6.07 Å². The van der Waals surface area contributed by atoms with Crippen molar-refractivity contribution in [1.82, 2.24) is 4.98 Å². The van der Waals surface area contributed by atoms with Crippen molar-refractivity contribution in [2.45, 2.75) is 37.6 Å². The Labute approximate surface area is 186 Å². The second kappa shape index (κ2) is 8.58. The molecule has 1 fully saturated rings. The maximum absolute atomic E-state index is 14.4. The Bertz CT molecular complexity index is 1150. The Morgan fingerprint density at radius 1 is 1.30 bits per heavy atom. The monoisotopic (exact) mass is 474 g/mol. The molecule has 3 N–H and O–H groups in total. The molecule has 0 aliphatic carbocycles. The van der Waals surface area contributed by atoms with Crippen LogP contribution in [0.1, 0.15) is 37.2 Å². The maximum atomic E-state index is 14.4. The Morgan fingerprint density at radius 2 is 1.97 bits per heavy atom. The second-order valence-electron chi connectivity index (χ2n) is 7.67. The summed E-state index contributed by atoms with van der Waals surface area (Å²) in [6.45, 7) is 1.93. The van der Waals surface area contributed by atoms with E-state index in [0.717, 1.165) is 32.2 Å². The van der Waals surface area contributed by atoms with E-state index in [2.05, 4.69) is 10.3 Å². The molecule has 1 saturated heterocycles. The van der Waals surface area contributed by atoms with Crippen molar-refractivity contribution < 1.29 is 42.4 Å². The van der Waals surface area contributed by atoms with Gasteiger partial charge in [-0.1, -0.05) is 13.0 Å². The van der Waals surface area contributed by atoms with Crippen LogP contribution >= 0.6 is 0 Å². The number of nitrogens with zero attached hydrogens (tertiary/aromatic N) is 1. The molecule has 1 aliphatic heterocycles. The summed E-state index contributed by atoms with van der Waals surface area (Å²) in [5, 5.41) is 2.29. The van der Waals surface area contributed by atoms with Crippen LogP contribution in [0.2, 0.25) is 0 Å². The van der Waals surface area contributed by atoms with Crippen LogP contribution in [0, 0.1) is 17.6 Å². The summed E-state index contributed by atoms with van der Waals surface area (Å²) < 4.78 is 87.8. The number of pyridine rings is 1. The topological polar surface area (TPSA) is 104 Å². The number of hydrogen-bond acceptors (Lipinski definition) is 5. The van der Waals surface area contributed by atoms with E-state index >= 15 is 0 Å². The highest BCUT2D eigenvalue weighted by Crippen LogP contribution is 2.55. The first-order valence-corrected chi connectivity index (χ1v) is 9.57. The van der Waals surface area contributed by atoms with Gasteiger partial charge in [-0.2, -0.15) is 17.6 Å². The standard InChI is InChI=1S/C21H20F5N3O4/c1-9-14(11-4-5-12(22)15(23)16(11)32-3)17(33-20(9,2)21(24,25)26)19(31)29-10-6-7-28-13(8-10)18(27)30/h4-9,14,17H,1-3H3,(H2,27,30)(H,28,29,31)/t9-,14+,17-,20+/m1/s1/i7D. The summed E-state index contributed by atoms with van der Waals surface area (Å²) in [5.41, 5.74) is 1.60. The third-order valence-corrected chi connectivity index (χ3v) is 5.79. The fourth-order valence-corrected chi connectivity index (χ4v) is 3.84. The molecule has 0 bridgehead atoms. The molecule has 12 heteroatoms. The van der Waals surface area contributed by atoms with Gasteiger partial charge in [-0.25, -0.2) is 4.39 Å². The van der Waals surface area contributed by atoms with Crippen molar-refractivity contribution in [2.75, 3.05) is 12.4 Å². The zero-order valence-electron chi connectivity index (χ0n) is 18.6. The quantitative estimate of drug-likeness (QED) is 0.646. The SMILES string of the molecule is [2H]c1cc(NC(=O)[C@@H]2O[C@](C)(C(F)(F)F)[C@H](C)[C@H]2c2ccc(F)c(F)c2OC)cc(C(N)=O)n1. The molecule has 33 heavy (non-hydrogen) atoms. The van der Waals surface area contributed by atoms with Crippen LogP contribution in [0.15, 0.2) is 30.4 Å². The lowest BCUT2D eigenvalue weighted by molar-refractivity contribution is -0.272. The normalized spacial score (nSPS) is 25.5. The van der Waals surface area contributed by atoms with Gasteiger partial charge >= 0.3 is 6.18 Å². The van der Waals surface area contributed by atoms with Crippen LogP contribution < -0.4 is 15.8 Å². The van der Waals surface area contributed by atoms with E-state index in [1.54, 1.807) is 0 Å². The molecule has 0 radical (unpaired) electrons. The molecule has 1 aromatic carbocycles. The van der Waals surface area contributed by atoms with Crippen LogP contribution in [-0.4, -0.2) is 41.8 Å². The summed E-state index contributed by atoms with van der Waals surface area (Å²) in [6, 6.07) is 3.82. The van der Waals surface area contributed by atoms with Gasteiger partial charge in [0.15, 0.2) is 17.2 Å². The molecule has 178 valence electrons. The van der Waals surface area contributed by atoms with Crippen molar-refractivity contribution >= 4 is 17.5 Å². The summed E-state index contributed by atoms with van der Waals surface area (Å²) in [4.78, 5) is 28.1. The van der Waals surface area contributed by atoms with E-state index in [4.69, 9.17) is 16.6 Å². The van der Waals surface area contributed by atoms with E-state index in [1.807, 2.05) is 0 Å². The molecule has 0 saturated carbocycles. The van der Waals surface area contributed by atoms with Crippen LogP contribution in [0.25, 0.3) is 0 Å². The fourth-order valence-electron chi connectivity index (χ4n) is 3.84. The number of rotatable bonds is 5. The average Bonchev–Trinajstić information content (AvgIpc) is 3.01. The predicted molar refractivity (Wildman–Crippen MR) is 106 cm³/mol. The second-order valence-corrected chi connectivity index (χ2v) is 7.67. The highest BCUT2D eigenvalue weighted by atomic mass is 19.4. The lowest BCUT2D eigenvalue weighted by Gasteiger charge is -2.32. The molecule has 0 spiro atoms. The first-order valence-electron chi connectivity index (χ1n) is 10.1. The number of primary amides is 1. The average molecular weight is 474 g/mol. The number of carbonyl (C=O) groups excluding carboxylic acids is 2. The van der Waals surface area contributed by atoms with Gasteiger partial charge in [-0.15, -0.1) is 0 Å². The summed E-state index contributed by atoms with van der Waals surface area (Å²) in [6.07, 6.45) is -7.19. The number of carbonyl (C=O) groups is 2. The third kappa shape index (κ3) is 4.22. The summed E-state index contributed by atoms with van der Waals surface area (Å²) in [7, 11) is 1.01. The third-order valence-electron chi connectivity index (χ3n) is 5.79. The first-order chi connectivity index (χ1) is 15.7. The van der Waals surface area contributed by atoms with Crippen molar-refractivity contribution in [3.8, 4) is 5.75 Å². The molecule has 3 rings (SSSR count). The number of ether oxygens (including phenoxy) is 2. The number of benzene rings is 1. The van der Waals surface area contributed by atoms with Crippen molar-refractivity contribution in [3.05, 3.63) is 53.3 Å². The Morgan fingerprint density at radius 3 is 2.55 bits per heavy atom. The van der Waals surface area contributed by atoms with E-state index in [9.17, 15) is 31.5 Å². The molecular weight excluding hydrogens is 453 g/mol. The zero-order valence-corrected chi connectivity index (χ0v) is 17.6. The maximum Gasteiger partial charge on any atom is 0.417 e. The number of amides is 2. The smallest absolute Gasteiger partial charge is 0.417 e. The number of nitrogens with one attached hydrogen (secondary N) is 1. The number of hydrogen-bond donors (Lipinski definition) is 2. The van der Waals surface area contributed by atoms with E-state index in [1.165, 1.54) is 6.92 Å². The minimum absolute atomic E-state index is 0.147. The largest absolute Gasteiger partial charge is 0.493 e. The fraction of sp³-hybridized carbons (Fsp3) is 0.381. The van der Waals surface area contributed by atoms with Crippen LogP contribution in [0.4, 0.5) is 27.6 Å². The number of methoxy groups -OCH3 is 1. The predicted octanol–water partition coefficient (Wildman–Crippen LogP) is 3.55. The van der Waals surface area contributed by atoms with Gasteiger partial charge in [0, 0.05) is 29.3 Å². The lowest BCUT2D eigenvalue weighted by Crippen LogP contribution is -2.47. The van der Waals surface area contributed by atoms with E-state index < -0.39 is 65.1 Å². The molecule has 2 aromatic rings. The van der Waals surface area contributed by atoms with Gasteiger partial charge in [0.2, 0.25) is 5.82 Å². The molecular formula is C21H20F5N3O4. The highest BCUT2D eigenvalue weighted by molar-refractivity contribution is 5.97. The molecule has 2 heterocycles. The van der Waals surface area contributed by atoms with Gasteiger partial charge in [-0.3, -0.25) is 14.6 Å². The number of nitrogens with two attached hydrogens (primary N) is 1. The molecule has 1 aromatic heterocycles.